The minimum atomic E-state index is 0.300. The van der Waals surface area contributed by atoms with Crippen LogP contribution in [0.3, 0.4) is 0 Å². The van der Waals surface area contributed by atoms with Gasteiger partial charge in [0.2, 0.25) is 0 Å². The van der Waals surface area contributed by atoms with Crippen molar-refractivity contribution < 1.29 is 9.84 Å². The van der Waals surface area contributed by atoms with Crippen molar-refractivity contribution in [1.82, 2.24) is 0 Å². The number of hydrogen-bond donors (Lipinski definition) is 1. The summed E-state index contributed by atoms with van der Waals surface area (Å²) in [7, 11) is 0. The second kappa shape index (κ2) is 3.18. The molecule has 0 amide bonds. The summed E-state index contributed by atoms with van der Waals surface area (Å²) in [6, 6.07) is 0. The smallest absolute Gasteiger partial charge is 0.0630 e. The first-order valence-electron chi connectivity index (χ1n) is 3.61. The van der Waals surface area contributed by atoms with Crippen molar-refractivity contribution in [2.75, 3.05) is 13.2 Å². The van der Waals surface area contributed by atoms with Gasteiger partial charge in [0, 0.05) is 19.1 Å². The van der Waals surface area contributed by atoms with E-state index in [0.717, 1.165) is 19.4 Å². The Bertz CT molecular complexity index is 83.0. The van der Waals surface area contributed by atoms with E-state index in [1.165, 1.54) is 0 Å². The van der Waals surface area contributed by atoms with Gasteiger partial charge in [-0.3, -0.25) is 0 Å². The normalized spacial score (nSPS) is 32.7. The maximum atomic E-state index is 8.60. The Morgan fingerprint density at radius 2 is 2.44 bits per heavy atom. The first kappa shape index (κ1) is 7.03. The van der Waals surface area contributed by atoms with E-state index >= 15 is 0 Å². The third kappa shape index (κ3) is 1.95. The summed E-state index contributed by atoms with van der Waals surface area (Å²) in [6.45, 7) is 3.24. The number of hydrogen-bond acceptors (Lipinski definition) is 2. The van der Waals surface area contributed by atoms with Gasteiger partial charge in [0.25, 0.3) is 0 Å². The predicted octanol–water partition coefficient (Wildman–Crippen LogP) is 0.794. The van der Waals surface area contributed by atoms with Gasteiger partial charge in [-0.15, -0.1) is 0 Å². The van der Waals surface area contributed by atoms with Gasteiger partial charge in [0.15, 0.2) is 0 Å². The van der Waals surface area contributed by atoms with Crippen molar-refractivity contribution in [3.8, 4) is 0 Å². The Kier molecular flexibility index (Phi) is 2.49. The predicted molar refractivity (Wildman–Crippen MR) is 35.2 cm³/mol. The number of aliphatic hydroxyl groups is 1. The molecule has 2 nitrogen and oxygen atoms in total. The molecule has 0 aliphatic heterocycles. The average Bonchev–Trinajstić information content (AvgIpc) is 2.62. The SMILES string of the molecule is CCCOC1CC1CO. The van der Waals surface area contributed by atoms with E-state index in [4.69, 9.17) is 9.84 Å². The number of aliphatic hydroxyl groups excluding tert-OH is 1. The van der Waals surface area contributed by atoms with Crippen LogP contribution >= 0.6 is 0 Å². The van der Waals surface area contributed by atoms with E-state index in [1.807, 2.05) is 0 Å². The van der Waals surface area contributed by atoms with Crippen LogP contribution in [0.2, 0.25) is 0 Å². The molecule has 0 heterocycles. The fourth-order valence-electron chi connectivity index (χ4n) is 0.885. The van der Waals surface area contributed by atoms with E-state index in [9.17, 15) is 0 Å². The van der Waals surface area contributed by atoms with Gasteiger partial charge in [-0.1, -0.05) is 6.92 Å². The largest absolute Gasteiger partial charge is 0.396 e. The Labute approximate surface area is 55.8 Å². The summed E-state index contributed by atoms with van der Waals surface area (Å²) in [5, 5.41) is 8.60. The molecule has 0 spiro atoms. The fraction of sp³-hybridized carbons (Fsp3) is 1.00. The molecule has 0 radical (unpaired) electrons. The zero-order chi connectivity index (χ0) is 6.69. The van der Waals surface area contributed by atoms with Crippen LogP contribution < -0.4 is 0 Å². The highest BCUT2D eigenvalue weighted by molar-refractivity contribution is 4.86. The molecule has 2 atom stereocenters. The van der Waals surface area contributed by atoms with Crippen LogP contribution in [0.15, 0.2) is 0 Å². The standard InChI is InChI=1S/C7H14O2/c1-2-3-9-7-4-6(7)5-8/h6-8H,2-5H2,1H3. The van der Waals surface area contributed by atoms with Crippen molar-refractivity contribution in [2.45, 2.75) is 25.9 Å². The third-order valence-electron chi connectivity index (χ3n) is 1.63. The lowest BCUT2D eigenvalue weighted by Crippen LogP contribution is -1.99. The molecule has 1 rings (SSSR count). The van der Waals surface area contributed by atoms with Gasteiger partial charge < -0.3 is 9.84 Å². The van der Waals surface area contributed by atoms with Crippen LogP contribution in [0.4, 0.5) is 0 Å². The summed E-state index contributed by atoms with van der Waals surface area (Å²) < 4.78 is 5.35. The monoisotopic (exact) mass is 130 g/mol. The maximum Gasteiger partial charge on any atom is 0.0630 e. The van der Waals surface area contributed by atoms with E-state index in [0.29, 0.717) is 18.6 Å². The molecular weight excluding hydrogens is 116 g/mol. The van der Waals surface area contributed by atoms with Gasteiger partial charge in [-0.05, 0) is 12.8 Å². The van der Waals surface area contributed by atoms with Crippen molar-refractivity contribution in [3.63, 3.8) is 0 Å². The second-order valence-corrected chi connectivity index (χ2v) is 2.59. The van der Waals surface area contributed by atoms with Crippen LogP contribution in [0.25, 0.3) is 0 Å². The Morgan fingerprint density at radius 3 is 2.89 bits per heavy atom. The van der Waals surface area contributed by atoms with Gasteiger partial charge in [-0.2, -0.15) is 0 Å². The highest BCUT2D eigenvalue weighted by Crippen LogP contribution is 2.32. The minimum Gasteiger partial charge on any atom is -0.396 e. The Morgan fingerprint density at radius 1 is 1.67 bits per heavy atom. The molecule has 1 aliphatic rings. The fourth-order valence-corrected chi connectivity index (χ4v) is 0.885. The summed E-state index contributed by atoms with van der Waals surface area (Å²) in [5.41, 5.74) is 0. The number of ether oxygens (including phenoxy) is 1. The second-order valence-electron chi connectivity index (χ2n) is 2.59. The zero-order valence-electron chi connectivity index (χ0n) is 5.84. The molecule has 9 heavy (non-hydrogen) atoms. The van der Waals surface area contributed by atoms with Gasteiger partial charge in [0.05, 0.1) is 6.10 Å². The highest BCUT2D eigenvalue weighted by atomic mass is 16.5. The molecule has 54 valence electrons. The van der Waals surface area contributed by atoms with E-state index in [1.54, 1.807) is 0 Å². The van der Waals surface area contributed by atoms with Gasteiger partial charge in [0.1, 0.15) is 0 Å². The summed E-state index contributed by atoms with van der Waals surface area (Å²) in [6.07, 6.45) is 2.53. The molecule has 1 saturated carbocycles. The molecule has 2 heteroatoms. The van der Waals surface area contributed by atoms with Crippen LogP contribution in [0.1, 0.15) is 19.8 Å². The van der Waals surface area contributed by atoms with Crippen LogP contribution in [-0.2, 0) is 4.74 Å². The quantitative estimate of drug-likeness (QED) is 0.609. The Balaban J connectivity index is 1.92. The lowest BCUT2D eigenvalue weighted by molar-refractivity contribution is 0.0992. The molecule has 0 aromatic heterocycles. The maximum absolute atomic E-state index is 8.60. The molecule has 1 fully saturated rings. The molecule has 1 N–H and O–H groups in total. The number of rotatable bonds is 4. The van der Waals surface area contributed by atoms with Crippen LogP contribution in [0, 0.1) is 5.92 Å². The van der Waals surface area contributed by atoms with E-state index in [-0.39, 0.29) is 0 Å². The highest BCUT2D eigenvalue weighted by Gasteiger charge is 2.36. The average molecular weight is 130 g/mol. The first-order chi connectivity index (χ1) is 4.38. The molecule has 2 unspecified atom stereocenters. The first-order valence-corrected chi connectivity index (χ1v) is 3.61. The molecule has 0 saturated heterocycles. The third-order valence-corrected chi connectivity index (χ3v) is 1.63. The van der Waals surface area contributed by atoms with Crippen molar-refractivity contribution in [3.05, 3.63) is 0 Å². The van der Waals surface area contributed by atoms with Gasteiger partial charge >= 0.3 is 0 Å². The summed E-state index contributed by atoms with van der Waals surface area (Å²) in [4.78, 5) is 0. The van der Waals surface area contributed by atoms with E-state index in [2.05, 4.69) is 6.92 Å². The molecular formula is C7H14O2. The zero-order valence-corrected chi connectivity index (χ0v) is 5.84. The molecule has 0 bridgehead atoms. The molecule has 0 aromatic carbocycles. The van der Waals surface area contributed by atoms with Crippen LogP contribution in [-0.4, -0.2) is 24.4 Å². The van der Waals surface area contributed by atoms with E-state index < -0.39 is 0 Å². The lowest BCUT2D eigenvalue weighted by Gasteiger charge is -1.97. The van der Waals surface area contributed by atoms with Crippen molar-refractivity contribution in [2.24, 2.45) is 5.92 Å². The van der Waals surface area contributed by atoms with Crippen LogP contribution in [0.5, 0.6) is 0 Å². The lowest BCUT2D eigenvalue weighted by atomic mass is 10.4. The van der Waals surface area contributed by atoms with Gasteiger partial charge in [-0.25, -0.2) is 0 Å². The Hall–Kier alpha value is -0.0800. The van der Waals surface area contributed by atoms with Crippen molar-refractivity contribution in [1.29, 1.82) is 0 Å². The minimum absolute atomic E-state index is 0.300. The molecule has 1 aliphatic carbocycles. The summed E-state index contributed by atoms with van der Waals surface area (Å²) >= 11 is 0. The topological polar surface area (TPSA) is 29.5 Å². The van der Waals surface area contributed by atoms with Crippen molar-refractivity contribution >= 4 is 0 Å². The summed E-state index contributed by atoms with van der Waals surface area (Å²) in [5.74, 6) is 0.455. The molecule has 0 aromatic rings.